The van der Waals surface area contributed by atoms with Crippen molar-refractivity contribution < 1.29 is 37.1 Å². The Morgan fingerprint density at radius 2 is 1.93 bits per heavy atom. The van der Waals surface area contributed by atoms with E-state index >= 15 is 0 Å². The molecule has 2 unspecified atom stereocenters. The van der Waals surface area contributed by atoms with E-state index < -0.39 is 68.0 Å². The second kappa shape index (κ2) is 12.5. The molecule has 5 atom stereocenters. The first-order chi connectivity index (χ1) is 20.1. The molecule has 1 aromatic rings. The van der Waals surface area contributed by atoms with Crippen molar-refractivity contribution in [2.75, 3.05) is 20.3 Å². The SMILES string of the molecule is C=CC1C[C@]1(NC(=O)C1C[C@@H](COc2cccc(Br)c2)CN1C(=O)[C@@H](NC(=O)OC)C(C)(C)C)C(=O)NS(=O)(=O)C1CC1. The molecule has 0 radical (unpaired) electrons. The van der Waals surface area contributed by atoms with Crippen LogP contribution in [0.1, 0.15) is 46.5 Å². The number of nitrogens with one attached hydrogen (secondary N) is 3. The Hall–Kier alpha value is -3.13. The van der Waals surface area contributed by atoms with Crippen molar-refractivity contribution >= 4 is 49.8 Å². The standard InChI is InChI=1S/C29H39BrN4O8S/c1-6-18-14-29(18,26(37)33-43(39,40)21-10-11-21)32-24(35)22-12-17(16-42-20-9-7-8-19(30)13-20)15-34(22)25(36)23(28(2,3)4)31-27(38)41-5/h6-9,13,17-18,21-23H,1,10-12,14-16H2,2-5H3,(H,31,38)(H,32,35)(H,33,37)/t17-,18?,22?,23-,29-/m1/s1. The Labute approximate surface area is 260 Å². The zero-order valence-corrected chi connectivity index (χ0v) is 27.1. The van der Waals surface area contributed by atoms with Gasteiger partial charge in [0, 0.05) is 22.9 Å². The molecule has 1 saturated heterocycles. The van der Waals surface area contributed by atoms with E-state index in [-0.39, 0.29) is 31.9 Å². The third-order valence-electron chi connectivity index (χ3n) is 8.06. The first-order valence-electron chi connectivity index (χ1n) is 14.1. The molecule has 2 aliphatic carbocycles. The number of hydrogen-bond donors (Lipinski definition) is 3. The number of benzene rings is 1. The molecular weight excluding hydrogens is 644 g/mol. The normalized spacial score (nSPS) is 25.7. The van der Waals surface area contributed by atoms with Gasteiger partial charge in [0.25, 0.3) is 5.91 Å². The molecule has 0 bridgehead atoms. The summed E-state index contributed by atoms with van der Waals surface area (Å²) in [5.41, 5.74) is -2.23. The Morgan fingerprint density at radius 3 is 2.49 bits per heavy atom. The van der Waals surface area contributed by atoms with Gasteiger partial charge in [0.05, 0.1) is 19.0 Å². The van der Waals surface area contributed by atoms with Crippen molar-refractivity contribution in [2.45, 2.75) is 69.3 Å². The Bertz CT molecular complexity index is 1390. The number of sulfonamides is 1. The van der Waals surface area contributed by atoms with E-state index in [0.29, 0.717) is 18.6 Å². The minimum atomic E-state index is -3.85. The molecule has 4 rings (SSSR count). The first-order valence-corrected chi connectivity index (χ1v) is 16.5. The van der Waals surface area contributed by atoms with Crippen LogP contribution in [0.15, 0.2) is 41.4 Å². The lowest BCUT2D eigenvalue weighted by atomic mass is 9.85. The number of hydrogen-bond acceptors (Lipinski definition) is 8. The third-order valence-corrected chi connectivity index (χ3v) is 10.4. The first kappa shape index (κ1) is 32.8. The molecule has 1 aromatic carbocycles. The number of ether oxygens (including phenoxy) is 2. The van der Waals surface area contributed by atoms with Crippen LogP contribution in [-0.4, -0.2) is 80.3 Å². The highest BCUT2D eigenvalue weighted by molar-refractivity contribution is 9.10. The Morgan fingerprint density at radius 1 is 1.23 bits per heavy atom. The molecule has 4 amide bonds. The van der Waals surface area contributed by atoms with Gasteiger partial charge in [-0.05, 0) is 49.3 Å². The summed E-state index contributed by atoms with van der Waals surface area (Å²) in [6.07, 6.45) is 2.07. The fourth-order valence-electron chi connectivity index (χ4n) is 5.32. The predicted octanol–water partition coefficient (Wildman–Crippen LogP) is 2.49. The van der Waals surface area contributed by atoms with Crippen LogP contribution in [0.5, 0.6) is 5.75 Å². The zero-order valence-electron chi connectivity index (χ0n) is 24.7. The molecule has 3 N–H and O–H groups in total. The van der Waals surface area contributed by atoms with E-state index in [1.165, 1.54) is 18.1 Å². The second-order valence-electron chi connectivity index (χ2n) is 12.5. The number of likely N-dealkylation sites (tertiary alicyclic amines) is 1. The number of carbonyl (C=O) groups excluding carboxylic acids is 4. The van der Waals surface area contributed by atoms with Gasteiger partial charge in [0.1, 0.15) is 23.4 Å². The van der Waals surface area contributed by atoms with Crippen LogP contribution in [0.4, 0.5) is 4.79 Å². The van der Waals surface area contributed by atoms with Crippen molar-refractivity contribution in [1.29, 1.82) is 0 Å². The van der Waals surface area contributed by atoms with E-state index in [0.717, 1.165) is 4.47 Å². The van der Waals surface area contributed by atoms with Gasteiger partial charge in [-0.1, -0.05) is 48.8 Å². The van der Waals surface area contributed by atoms with Crippen molar-refractivity contribution in [3.8, 4) is 5.75 Å². The zero-order chi connectivity index (χ0) is 31.7. The molecule has 1 heterocycles. The van der Waals surface area contributed by atoms with Gasteiger partial charge in [-0.2, -0.15) is 0 Å². The van der Waals surface area contributed by atoms with E-state index in [9.17, 15) is 27.6 Å². The molecule has 3 fully saturated rings. The summed E-state index contributed by atoms with van der Waals surface area (Å²) in [7, 11) is -2.65. The molecule has 0 spiro atoms. The molecule has 236 valence electrons. The summed E-state index contributed by atoms with van der Waals surface area (Å²) in [6, 6.07) is 5.25. The van der Waals surface area contributed by atoms with E-state index in [2.05, 4.69) is 37.9 Å². The maximum Gasteiger partial charge on any atom is 0.407 e. The summed E-state index contributed by atoms with van der Waals surface area (Å²) in [4.78, 5) is 54.6. The van der Waals surface area contributed by atoms with E-state index in [1.54, 1.807) is 32.9 Å². The summed E-state index contributed by atoms with van der Waals surface area (Å²) >= 11 is 3.41. The monoisotopic (exact) mass is 682 g/mol. The Kier molecular flexibility index (Phi) is 9.50. The largest absolute Gasteiger partial charge is 0.493 e. The molecule has 43 heavy (non-hydrogen) atoms. The van der Waals surface area contributed by atoms with Crippen molar-refractivity contribution in [2.24, 2.45) is 17.3 Å². The van der Waals surface area contributed by atoms with Gasteiger partial charge in [-0.3, -0.25) is 19.1 Å². The average molecular weight is 684 g/mol. The van der Waals surface area contributed by atoms with Gasteiger partial charge in [-0.15, -0.1) is 6.58 Å². The smallest absolute Gasteiger partial charge is 0.407 e. The maximum absolute atomic E-state index is 14.0. The highest BCUT2D eigenvalue weighted by atomic mass is 79.9. The highest BCUT2D eigenvalue weighted by Gasteiger charge is 2.62. The number of halogens is 1. The number of alkyl carbamates (subject to hydrolysis) is 1. The van der Waals surface area contributed by atoms with Gasteiger partial charge < -0.3 is 25.0 Å². The number of rotatable bonds is 11. The van der Waals surface area contributed by atoms with Crippen LogP contribution in [0.25, 0.3) is 0 Å². The quantitative estimate of drug-likeness (QED) is 0.300. The lowest BCUT2D eigenvalue weighted by molar-refractivity contribution is -0.142. The van der Waals surface area contributed by atoms with Crippen LogP contribution in [0, 0.1) is 17.3 Å². The van der Waals surface area contributed by atoms with Crippen LogP contribution in [0.3, 0.4) is 0 Å². The molecule has 14 heteroatoms. The van der Waals surface area contributed by atoms with Crippen LogP contribution in [0.2, 0.25) is 0 Å². The van der Waals surface area contributed by atoms with Crippen molar-refractivity contribution in [3.63, 3.8) is 0 Å². The molecular formula is C29H39BrN4O8S. The lowest BCUT2D eigenvalue weighted by Crippen LogP contribution is -2.60. The highest BCUT2D eigenvalue weighted by Crippen LogP contribution is 2.45. The van der Waals surface area contributed by atoms with Crippen LogP contribution >= 0.6 is 15.9 Å². The molecule has 2 saturated carbocycles. The van der Waals surface area contributed by atoms with Gasteiger partial charge in [0.15, 0.2) is 0 Å². The fourth-order valence-corrected chi connectivity index (χ4v) is 7.06. The minimum absolute atomic E-state index is 0.153. The minimum Gasteiger partial charge on any atom is -0.493 e. The predicted molar refractivity (Wildman–Crippen MR) is 161 cm³/mol. The summed E-state index contributed by atoms with van der Waals surface area (Å²) in [5, 5.41) is 4.75. The number of carbonyl (C=O) groups is 4. The van der Waals surface area contributed by atoms with Crippen LogP contribution in [-0.2, 0) is 29.1 Å². The summed E-state index contributed by atoms with van der Waals surface area (Å²) in [6.45, 7) is 9.43. The number of methoxy groups -OCH3 is 1. The van der Waals surface area contributed by atoms with Gasteiger partial charge in [0.2, 0.25) is 21.8 Å². The third kappa shape index (κ3) is 7.51. The average Bonchev–Trinajstić information content (AvgIpc) is 3.86. The lowest BCUT2D eigenvalue weighted by Gasteiger charge is -2.35. The van der Waals surface area contributed by atoms with E-state index in [4.69, 9.17) is 9.47 Å². The van der Waals surface area contributed by atoms with Gasteiger partial charge >= 0.3 is 6.09 Å². The molecule has 0 aromatic heterocycles. The van der Waals surface area contributed by atoms with Crippen molar-refractivity contribution in [3.05, 3.63) is 41.4 Å². The molecule has 12 nitrogen and oxygen atoms in total. The maximum atomic E-state index is 14.0. The summed E-state index contributed by atoms with van der Waals surface area (Å²) < 4.78 is 38.7. The molecule has 1 aliphatic heterocycles. The summed E-state index contributed by atoms with van der Waals surface area (Å²) in [5.74, 6) is -2.04. The van der Waals surface area contributed by atoms with Gasteiger partial charge in [-0.25, -0.2) is 13.2 Å². The Balaban J connectivity index is 1.57. The number of nitrogens with zero attached hydrogens (tertiary/aromatic N) is 1. The van der Waals surface area contributed by atoms with Crippen molar-refractivity contribution in [1.82, 2.24) is 20.3 Å². The van der Waals surface area contributed by atoms with E-state index in [1.807, 2.05) is 12.1 Å². The number of amides is 4. The van der Waals surface area contributed by atoms with Crippen LogP contribution < -0.4 is 20.1 Å². The topological polar surface area (TPSA) is 160 Å². The second-order valence-corrected chi connectivity index (χ2v) is 15.4. The molecule has 3 aliphatic rings. The fraction of sp³-hybridized carbons (Fsp3) is 0.586.